The summed E-state index contributed by atoms with van der Waals surface area (Å²) in [5.74, 6) is 1.15. The van der Waals surface area contributed by atoms with Gasteiger partial charge in [-0.25, -0.2) is 0 Å². The van der Waals surface area contributed by atoms with Crippen molar-refractivity contribution >= 4 is 5.91 Å². The second-order valence-corrected chi connectivity index (χ2v) is 7.64. The van der Waals surface area contributed by atoms with Crippen LogP contribution in [-0.2, 0) is 17.8 Å². The lowest BCUT2D eigenvalue weighted by Gasteiger charge is -2.31. The minimum absolute atomic E-state index is 0.150. The summed E-state index contributed by atoms with van der Waals surface area (Å²) in [5.41, 5.74) is 9.83. The van der Waals surface area contributed by atoms with Crippen LogP contribution in [0.2, 0.25) is 0 Å². The largest absolute Gasteiger partial charge is 0.338 e. The molecule has 2 aliphatic carbocycles. The zero-order chi connectivity index (χ0) is 15.8. The van der Waals surface area contributed by atoms with Gasteiger partial charge in [-0.1, -0.05) is 18.9 Å². The first-order valence-corrected chi connectivity index (χ1v) is 9.23. The van der Waals surface area contributed by atoms with E-state index in [-0.39, 0.29) is 12.0 Å². The number of carbonyl (C=O) groups is 1. The Balaban J connectivity index is 1.49. The van der Waals surface area contributed by atoms with E-state index in [0.717, 1.165) is 38.8 Å². The second kappa shape index (κ2) is 6.23. The monoisotopic (exact) mass is 313 g/mol. The highest BCUT2D eigenvalue weighted by molar-refractivity contribution is 5.79. The van der Waals surface area contributed by atoms with Crippen LogP contribution in [0.15, 0.2) is 12.3 Å². The minimum atomic E-state index is 0.150. The van der Waals surface area contributed by atoms with Crippen LogP contribution in [0.3, 0.4) is 0 Å². The lowest BCUT2D eigenvalue weighted by atomic mass is 9.94. The van der Waals surface area contributed by atoms with Crippen LogP contribution in [-0.4, -0.2) is 28.4 Å². The highest BCUT2D eigenvalue weighted by Gasteiger charge is 2.32. The first-order chi connectivity index (χ1) is 11.2. The van der Waals surface area contributed by atoms with Crippen molar-refractivity contribution in [2.45, 2.75) is 69.9 Å². The molecule has 2 atom stereocenters. The van der Waals surface area contributed by atoms with Gasteiger partial charge in [-0.2, -0.15) is 0 Å². The Hall–Kier alpha value is -1.42. The molecule has 1 aliphatic heterocycles. The van der Waals surface area contributed by atoms with Gasteiger partial charge in [0.15, 0.2) is 0 Å². The summed E-state index contributed by atoms with van der Waals surface area (Å²) in [4.78, 5) is 19.5. The van der Waals surface area contributed by atoms with Crippen molar-refractivity contribution in [1.82, 2.24) is 9.88 Å². The fourth-order valence-corrected chi connectivity index (χ4v) is 4.61. The molecule has 0 aromatic carbocycles. The number of nitrogens with two attached hydrogens (primary N) is 1. The minimum Gasteiger partial charge on any atom is -0.338 e. The molecule has 0 spiro atoms. The zero-order valence-corrected chi connectivity index (χ0v) is 13.8. The smallest absolute Gasteiger partial charge is 0.226 e. The van der Waals surface area contributed by atoms with E-state index in [4.69, 9.17) is 10.7 Å². The maximum Gasteiger partial charge on any atom is 0.226 e. The molecule has 4 heteroatoms. The molecule has 0 bridgehead atoms. The average molecular weight is 313 g/mol. The van der Waals surface area contributed by atoms with E-state index >= 15 is 0 Å². The van der Waals surface area contributed by atoms with Gasteiger partial charge in [-0.3, -0.25) is 9.78 Å². The molecule has 23 heavy (non-hydrogen) atoms. The standard InChI is InChI=1S/C19H27N3O/c20-17-6-5-14(10-17)19(23)22-8-7-18-16(12-22)9-15(11-21-18)13-3-1-2-4-13/h9,11,13-14,17H,1-8,10,12,20H2. The molecule has 2 fully saturated rings. The number of rotatable bonds is 2. The van der Waals surface area contributed by atoms with Gasteiger partial charge >= 0.3 is 0 Å². The molecule has 3 aliphatic rings. The fraction of sp³-hybridized carbons (Fsp3) is 0.684. The Morgan fingerprint density at radius 1 is 1.22 bits per heavy atom. The maximum atomic E-state index is 12.7. The predicted octanol–water partition coefficient (Wildman–Crippen LogP) is 2.75. The van der Waals surface area contributed by atoms with Crippen LogP contribution < -0.4 is 5.73 Å². The number of nitrogens with zero attached hydrogens (tertiary/aromatic N) is 2. The number of fused-ring (bicyclic) bond motifs is 1. The van der Waals surface area contributed by atoms with Crippen molar-refractivity contribution in [1.29, 1.82) is 0 Å². The Labute approximate surface area is 138 Å². The molecular formula is C19H27N3O. The van der Waals surface area contributed by atoms with E-state index in [1.807, 2.05) is 4.90 Å². The molecule has 2 N–H and O–H groups in total. The number of carbonyl (C=O) groups excluding carboxylic acids is 1. The lowest BCUT2D eigenvalue weighted by molar-refractivity contribution is -0.136. The predicted molar refractivity (Wildman–Crippen MR) is 89.9 cm³/mol. The molecule has 1 aromatic rings. The summed E-state index contributed by atoms with van der Waals surface area (Å²) in [6.07, 6.45) is 11.1. The number of aromatic nitrogens is 1. The van der Waals surface area contributed by atoms with Gasteiger partial charge in [0.05, 0.1) is 0 Å². The number of hydrogen-bond donors (Lipinski definition) is 1. The third kappa shape index (κ3) is 3.01. The fourth-order valence-electron chi connectivity index (χ4n) is 4.61. The first kappa shape index (κ1) is 15.1. The van der Waals surface area contributed by atoms with Gasteiger partial charge in [0.2, 0.25) is 5.91 Å². The zero-order valence-electron chi connectivity index (χ0n) is 13.8. The van der Waals surface area contributed by atoms with Gasteiger partial charge in [0.1, 0.15) is 0 Å². The van der Waals surface area contributed by atoms with Crippen LogP contribution in [0.5, 0.6) is 0 Å². The number of amides is 1. The van der Waals surface area contributed by atoms with Crippen LogP contribution in [0.1, 0.15) is 67.7 Å². The molecule has 2 heterocycles. The maximum absolute atomic E-state index is 12.7. The van der Waals surface area contributed by atoms with Crippen LogP contribution >= 0.6 is 0 Å². The van der Waals surface area contributed by atoms with Crippen LogP contribution in [0.25, 0.3) is 0 Å². The van der Waals surface area contributed by atoms with Crippen LogP contribution in [0.4, 0.5) is 0 Å². The third-order valence-corrected chi connectivity index (χ3v) is 6.02. The van der Waals surface area contributed by atoms with Crippen molar-refractivity contribution in [2.24, 2.45) is 11.7 Å². The summed E-state index contributed by atoms with van der Waals surface area (Å²) in [5, 5.41) is 0. The molecule has 0 radical (unpaired) electrons. The summed E-state index contributed by atoms with van der Waals surface area (Å²) >= 11 is 0. The molecule has 4 nitrogen and oxygen atoms in total. The highest BCUT2D eigenvalue weighted by atomic mass is 16.2. The van der Waals surface area contributed by atoms with Gasteiger partial charge in [0.25, 0.3) is 0 Å². The van der Waals surface area contributed by atoms with Gasteiger partial charge in [-0.05, 0) is 49.1 Å². The number of pyridine rings is 1. The van der Waals surface area contributed by atoms with Crippen molar-refractivity contribution in [3.8, 4) is 0 Å². The lowest BCUT2D eigenvalue weighted by Crippen LogP contribution is -2.39. The Morgan fingerprint density at radius 3 is 2.78 bits per heavy atom. The van der Waals surface area contributed by atoms with E-state index in [1.54, 1.807) is 0 Å². The first-order valence-electron chi connectivity index (χ1n) is 9.23. The molecule has 1 aromatic heterocycles. The summed E-state index contributed by atoms with van der Waals surface area (Å²) in [6, 6.07) is 2.55. The third-order valence-electron chi connectivity index (χ3n) is 6.02. The van der Waals surface area contributed by atoms with Crippen molar-refractivity contribution in [3.63, 3.8) is 0 Å². The van der Waals surface area contributed by atoms with E-state index in [2.05, 4.69) is 12.3 Å². The van der Waals surface area contributed by atoms with Gasteiger partial charge < -0.3 is 10.6 Å². The molecular weight excluding hydrogens is 286 g/mol. The Kier molecular flexibility index (Phi) is 4.10. The second-order valence-electron chi connectivity index (χ2n) is 7.64. The van der Waals surface area contributed by atoms with Crippen molar-refractivity contribution in [3.05, 3.63) is 29.1 Å². The van der Waals surface area contributed by atoms with E-state index in [9.17, 15) is 4.79 Å². The Morgan fingerprint density at radius 2 is 2.04 bits per heavy atom. The summed E-state index contributed by atoms with van der Waals surface area (Å²) in [6.45, 7) is 1.56. The molecule has 2 unspecified atom stereocenters. The molecule has 1 amide bonds. The molecule has 124 valence electrons. The molecule has 0 saturated heterocycles. The normalized spacial score (nSPS) is 28.1. The SMILES string of the molecule is NC1CCC(C(=O)N2CCc3ncc(C4CCCC4)cc3C2)C1. The van der Waals surface area contributed by atoms with Gasteiger partial charge in [-0.15, -0.1) is 0 Å². The Bertz CT molecular complexity index is 594. The number of hydrogen-bond acceptors (Lipinski definition) is 3. The van der Waals surface area contributed by atoms with Crippen molar-refractivity contribution in [2.75, 3.05) is 6.54 Å². The van der Waals surface area contributed by atoms with Crippen LogP contribution in [0, 0.1) is 5.92 Å². The van der Waals surface area contributed by atoms with E-state index in [1.165, 1.54) is 42.5 Å². The summed E-state index contributed by atoms with van der Waals surface area (Å²) < 4.78 is 0. The van der Waals surface area contributed by atoms with Gasteiger partial charge in [0, 0.05) is 43.4 Å². The highest BCUT2D eigenvalue weighted by Crippen LogP contribution is 2.35. The molecule has 2 saturated carbocycles. The molecule has 4 rings (SSSR count). The quantitative estimate of drug-likeness (QED) is 0.913. The average Bonchev–Trinajstić information content (AvgIpc) is 3.24. The summed E-state index contributed by atoms with van der Waals surface area (Å²) in [7, 11) is 0. The van der Waals surface area contributed by atoms with Crippen molar-refractivity contribution < 1.29 is 4.79 Å². The van der Waals surface area contributed by atoms with E-state index < -0.39 is 0 Å². The van der Waals surface area contributed by atoms with E-state index in [0.29, 0.717) is 11.8 Å². The topological polar surface area (TPSA) is 59.2 Å².